The van der Waals surface area contributed by atoms with E-state index in [2.05, 4.69) is 9.44 Å². The first-order valence-corrected chi connectivity index (χ1v) is 9.14. The quantitative estimate of drug-likeness (QED) is 0.646. The second kappa shape index (κ2) is 8.06. The number of hydrogen-bond donors (Lipinski definition) is 3. The summed E-state index contributed by atoms with van der Waals surface area (Å²) in [5.74, 6) is -0.977. The molecule has 11 heteroatoms. The van der Waals surface area contributed by atoms with Gasteiger partial charge in [-0.1, -0.05) is 0 Å². The molecule has 0 saturated heterocycles. The van der Waals surface area contributed by atoms with Crippen LogP contribution in [0, 0.1) is 5.82 Å². The lowest BCUT2D eigenvalue weighted by Gasteiger charge is -2.12. The molecule has 1 rings (SSSR count). The Balaban J connectivity index is 0.00000441. The molecule has 0 bridgehead atoms. The van der Waals surface area contributed by atoms with Crippen molar-refractivity contribution in [2.45, 2.75) is 24.0 Å². The molecule has 0 atom stereocenters. The summed E-state index contributed by atoms with van der Waals surface area (Å²) in [6.07, 6.45) is 0. The highest BCUT2D eigenvalue weighted by atomic mass is 35.5. The second-order valence-electron chi connectivity index (χ2n) is 4.52. The largest absolute Gasteiger partial charge is 0.329 e. The third kappa shape index (κ3) is 5.36. The van der Waals surface area contributed by atoms with Gasteiger partial charge in [-0.3, -0.25) is 4.72 Å². The number of hydrogen-bond acceptors (Lipinski definition) is 5. The second-order valence-corrected chi connectivity index (χ2v) is 8.53. The molecule has 1 aromatic carbocycles. The van der Waals surface area contributed by atoms with Gasteiger partial charge in [0.25, 0.3) is 0 Å². The first-order chi connectivity index (χ1) is 9.60. The van der Waals surface area contributed by atoms with Crippen LogP contribution in [0.15, 0.2) is 23.1 Å². The van der Waals surface area contributed by atoms with E-state index in [-0.39, 0.29) is 36.1 Å². The molecule has 1 aromatic rings. The van der Waals surface area contributed by atoms with Gasteiger partial charge in [-0.25, -0.2) is 25.9 Å². The van der Waals surface area contributed by atoms with Crippen molar-refractivity contribution in [1.82, 2.24) is 4.72 Å². The van der Waals surface area contributed by atoms with Crippen LogP contribution in [0.3, 0.4) is 0 Å². The molecule has 0 radical (unpaired) electrons. The zero-order valence-corrected chi connectivity index (χ0v) is 14.5. The molecule has 0 fully saturated rings. The summed E-state index contributed by atoms with van der Waals surface area (Å²) in [6.45, 7) is 3.01. The molecule has 0 aliphatic heterocycles. The number of anilines is 1. The lowest BCUT2D eigenvalue weighted by molar-refractivity contribution is 0.578. The van der Waals surface area contributed by atoms with Gasteiger partial charge in [0.1, 0.15) is 5.82 Å². The van der Waals surface area contributed by atoms with Crippen molar-refractivity contribution in [3.8, 4) is 0 Å². The fraction of sp³-hybridized carbons (Fsp3) is 0.455. The van der Waals surface area contributed by atoms with Crippen molar-refractivity contribution in [2.75, 3.05) is 17.8 Å². The minimum absolute atomic E-state index is 0. The Bertz CT molecular complexity index is 708. The first-order valence-electron chi connectivity index (χ1n) is 6.11. The zero-order chi connectivity index (χ0) is 16.3. The summed E-state index contributed by atoms with van der Waals surface area (Å²) in [4.78, 5) is -0.305. The molecule has 0 spiro atoms. The van der Waals surface area contributed by atoms with Gasteiger partial charge >= 0.3 is 0 Å². The van der Waals surface area contributed by atoms with E-state index < -0.39 is 31.1 Å². The molecule has 0 aromatic heterocycles. The van der Waals surface area contributed by atoms with E-state index in [0.29, 0.717) is 0 Å². The van der Waals surface area contributed by atoms with E-state index in [1.54, 1.807) is 0 Å². The van der Waals surface area contributed by atoms with E-state index in [1.165, 1.54) is 13.8 Å². The van der Waals surface area contributed by atoms with E-state index in [1.807, 2.05) is 0 Å². The van der Waals surface area contributed by atoms with Gasteiger partial charge in [0.15, 0.2) is 0 Å². The fourth-order valence-electron chi connectivity index (χ4n) is 1.29. The van der Waals surface area contributed by atoms with E-state index in [9.17, 15) is 21.2 Å². The summed E-state index contributed by atoms with van der Waals surface area (Å²) in [6, 6.07) is 2.92. The Labute approximate surface area is 136 Å². The number of benzene rings is 1. The molecule has 0 aliphatic rings. The first kappa shape index (κ1) is 21.1. The van der Waals surface area contributed by atoms with Crippen LogP contribution in [0.1, 0.15) is 13.8 Å². The number of nitrogens with one attached hydrogen (secondary N) is 2. The Kier molecular flexibility index (Phi) is 7.72. The summed E-state index contributed by atoms with van der Waals surface area (Å²) < 4.78 is 65.0. The lowest BCUT2D eigenvalue weighted by Crippen LogP contribution is -2.29. The van der Waals surface area contributed by atoms with Gasteiger partial charge in [0.2, 0.25) is 20.0 Å². The maximum absolute atomic E-state index is 13.9. The summed E-state index contributed by atoms with van der Waals surface area (Å²) in [5, 5.41) is -0.744. The molecule has 0 saturated carbocycles. The van der Waals surface area contributed by atoms with Gasteiger partial charge in [-0.2, -0.15) is 0 Å². The highest BCUT2D eigenvalue weighted by molar-refractivity contribution is 7.93. The highest BCUT2D eigenvalue weighted by Crippen LogP contribution is 2.20. The van der Waals surface area contributed by atoms with Crippen molar-refractivity contribution in [1.29, 1.82) is 0 Å². The molecular formula is C11H19ClFN3O4S2. The van der Waals surface area contributed by atoms with Crippen LogP contribution >= 0.6 is 12.4 Å². The van der Waals surface area contributed by atoms with Crippen molar-refractivity contribution < 1.29 is 21.2 Å². The van der Waals surface area contributed by atoms with Crippen molar-refractivity contribution in [2.24, 2.45) is 5.73 Å². The molecule has 0 amide bonds. The van der Waals surface area contributed by atoms with Crippen molar-refractivity contribution in [3.63, 3.8) is 0 Å². The smallest absolute Gasteiger partial charge is 0.240 e. The number of halogens is 2. The minimum Gasteiger partial charge on any atom is -0.329 e. The van der Waals surface area contributed by atoms with E-state index in [4.69, 9.17) is 5.73 Å². The third-order valence-electron chi connectivity index (χ3n) is 2.56. The monoisotopic (exact) mass is 375 g/mol. The fourth-order valence-corrected chi connectivity index (χ4v) is 3.06. The van der Waals surface area contributed by atoms with Crippen molar-refractivity contribution >= 4 is 38.1 Å². The zero-order valence-electron chi connectivity index (χ0n) is 12.0. The molecular weight excluding hydrogens is 357 g/mol. The molecule has 22 heavy (non-hydrogen) atoms. The average molecular weight is 376 g/mol. The summed E-state index contributed by atoms with van der Waals surface area (Å²) in [5.41, 5.74) is 4.88. The Morgan fingerprint density at radius 3 is 2.27 bits per heavy atom. The summed E-state index contributed by atoms with van der Waals surface area (Å²) >= 11 is 0. The SMILES string of the molecule is CC(C)S(=O)(=O)Nc1ccc(S(=O)(=O)NCCN)cc1F.Cl. The molecule has 0 unspecified atom stereocenters. The van der Waals surface area contributed by atoms with Crippen LogP contribution in [-0.2, 0) is 20.0 Å². The van der Waals surface area contributed by atoms with Gasteiger partial charge in [0, 0.05) is 13.1 Å². The number of rotatable bonds is 7. The standard InChI is InChI=1S/C11H18FN3O4S2.ClH/c1-8(2)20(16,17)15-11-4-3-9(7-10(11)12)21(18,19)14-6-5-13;/h3-4,7-8,14-15H,5-6,13H2,1-2H3;1H. The minimum atomic E-state index is -3.87. The van der Waals surface area contributed by atoms with Gasteiger partial charge < -0.3 is 5.73 Å². The highest BCUT2D eigenvalue weighted by Gasteiger charge is 2.20. The molecule has 0 aliphatic carbocycles. The maximum atomic E-state index is 13.9. The van der Waals surface area contributed by atoms with E-state index in [0.717, 1.165) is 18.2 Å². The lowest BCUT2D eigenvalue weighted by atomic mass is 10.3. The topological polar surface area (TPSA) is 118 Å². The van der Waals surface area contributed by atoms with Crippen LogP contribution in [-0.4, -0.2) is 35.2 Å². The number of sulfonamides is 2. The Morgan fingerprint density at radius 2 is 1.82 bits per heavy atom. The van der Waals surface area contributed by atoms with Crippen LogP contribution in [0.25, 0.3) is 0 Å². The Hall–Kier alpha value is -0.940. The predicted octanol–water partition coefficient (Wildman–Crippen LogP) is 0.635. The molecule has 7 nitrogen and oxygen atoms in total. The average Bonchev–Trinajstić information content (AvgIpc) is 2.38. The maximum Gasteiger partial charge on any atom is 0.240 e. The van der Waals surface area contributed by atoms with Crippen LogP contribution in [0.5, 0.6) is 0 Å². The molecule has 4 N–H and O–H groups in total. The normalized spacial score (nSPS) is 12.0. The van der Waals surface area contributed by atoms with Crippen molar-refractivity contribution in [3.05, 3.63) is 24.0 Å². The van der Waals surface area contributed by atoms with Crippen LogP contribution in [0.2, 0.25) is 0 Å². The van der Waals surface area contributed by atoms with E-state index >= 15 is 0 Å². The summed E-state index contributed by atoms with van der Waals surface area (Å²) in [7, 11) is -7.58. The predicted molar refractivity (Wildman–Crippen MR) is 85.6 cm³/mol. The van der Waals surface area contributed by atoms with Gasteiger partial charge in [0.05, 0.1) is 15.8 Å². The molecule has 128 valence electrons. The van der Waals surface area contributed by atoms with Crippen LogP contribution in [0.4, 0.5) is 10.1 Å². The Morgan fingerprint density at radius 1 is 1.23 bits per heavy atom. The third-order valence-corrected chi connectivity index (χ3v) is 5.76. The van der Waals surface area contributed by atoms with Crippen LogP contribution < -0.4 is 15.2 Å². The van der Waals surface area contributed by atoms with Gasteiger partial charge in [-0.15, -0.1) is 12.4 Å². The van der Waals surface area contributed by atoms with Gasteiger partial charge in [-0.05, 0) is 32.0 Å². The number of nitrogens with two attached hydrogens (primary N) is 1. The molecule has 0 heterocycles.